The van der Waals surface area contributed by atoms with Gasteiger partial charge in [0.25, 0.3) is 5.91 Å². The van der Waals surface area contributed by atoms with E-state index in [1.165, 1.54) is 0 Å². The zero-order chi connectivity index (χ0) is 17.4. The fraction of sp³-hybridized carbons (Fsp3) is 0.529. The number of nitrogens with zero attached hydrogens (tertiary/aromatic N) is 3. The highest BCUT2D eigenvalue weighted by molar-refractivity contribution is 6.30. The molecule has 2 aliphatic rings. The Labute approximate surface area is 150 Å². The molecule has 2 aromatic rings. The Kier molecular flexibility index (Phi) is 4.64. The van der Waals surface area contributed by atoms with Crippen molar-refractivity contribution in [2.24, 2.45) is 0 Å². The molecule has 2 aliphatic heterocycles. The third kappa shape index (κ3) is 3.50. The van der Waals surface area contributed by atoms with E-state index in [4.69, 9.17) is 21.4 Å². The number of hydrogen-bond acceptors (Lipinski definition) is 5. The summed E-state index contributed by atoms with van der Waals surface area (Å²) in [6.07, 6.45) is 5.04. The van der Waals surface area contributed by atoms with E-state index < -0.39 is 0 Å². The van der Waals surface area contributed by atoms with E-state index in [1.54, 1.807) is 28.9 Å². The van der Waals surface area contributed by atoms with Crippen LogP contribution in [0.15, 0.2) is 24.5 Å². The van der Waals surface area contributed by atoms with E-state index >= 15 is 0 Å². The van der Waals surface area contributed by atoms with Crippen molar-refractivity contribution < 1.29 is 14.6 Å². The zero-order valence-corrected chi connectivity index (χ0v) is 14.5. The molecule has 0 spiro atoms. The number of aromatic nitrogens is 2. The van der Waals surface area contributed by atoms with Crippen LogP contribution in [0.2, 0.25) is 5.02 Å². The average molecular weight is 365 g/mol. The Morgan fingerprint density at radius 3 is 3.12 bits per heavy atom. The highest BCUT2D eigenvalue weighted by Crippen LogP contribution is 2.24. The zero-order valence-electron chi connectivity index (χ0n) is 13.8. The number of nitrogens with one attached hydrogen (secondary N) is 1. The lowest BCUT2D eigenvalue weighted by atomic mass is 10.1. The number of amides is 1. The lowest BCUT2D eigenvalue weighted by Crippen LogP contribution is -2.46. The van der Waals surface area contributed by atoms with E-state index in [2.05, 4.69) is 15.2 Å². The van der Waals surface area contributed by atoms with Gasteiger partial charge in [0.2, 0.25) is 0 Å². The number of pyridine rings is 1. The normalized spacial score (nSPS) is 26.7. The molecule has 7 nitrogen and oxygen atoms in total. The summed E-state index contributed by atoms with van der Waals surface area (Å²) in [6.45, 7) is 2.41. The number of carbonyl (C=O) groups is 1. The predicted octanol–water partition coefficient (Wildman–Crippen LogP) is 0.942. The van der Waals surface area contributed by atoms with Crippen molar-refractivity contribution in [1.29, 1.82) is 0 Å². The average Bonchev–Trinajstić information content (AvgIpc) is 3.17. The Balaban J connectivity index is 1.39. The van der Waals surface area contributed by atoms with Gasteiger partial charge in [-0.25, -0.2) is 4.98 Å². The molecule has 0 bridgehead atoms. The summed E-state index contributed by atoms with van der Waals surface area (Å²) in [4.78, 5) is 19.2. The van der Waals surface area contributed by atoms with Crippen molar-refractivity contribution >= 4 is 23.2 Å². The molecule has 25 heavy (non-hydrogen) atoms. The number of halogens is 1. The molecule has 0 unspecified atom stereocenters. The second-order valence-corrected chi connectivity index (χ2v) is 7.16. The number of rotatable bonds is 4. The molecule has 8 heteroatoms. The molecule has 4 rings (SSSR count). The number of carbonyl (C=O) groups excluding carboxylic acids is 1. The van der Waals surface area contributed by atoms with E-state index in [-0.39, 0.29) is 24.7 Å². The van der Waals surface area contributed by atoms with Gasteiger partial charge in [-0.05, 0) is 25.0 Å². The maximum atomic E-state index is 12.5. The van der Waals surface area contributed by atoms with E-state index in [0.717, 1.165) is 19.5 Å². The molecule has 3 atom stereocenters. The summed E-state index contributed by atoms with van der Waals surface area (Å²) in [5, 5.41) is 12.7. The first kappa shape index (κ1) is 16.8. The molecule has 0 aliphatic carbocycles. The van der Waals surface area contributed by atoms with Crippen molar-refractivity contribution in [3.8, 4) is 0 Å². The topological polar surface area (TPSA) is 79.1 Å². The lowest BCUT2D eigenvalue weighted by Gasteiger charge is -2.34. The predicted molar refractivity (Wildman–Crippen MR) is 92.9 cm³/mol. The van der Waals surface area contributed by atoms with Crippen LogP contribution in [0.5, 0.6) is 0 Å². The SMILES string of the molecule is O=C(N[C@H]1C[C@H]2CO[C@@H](CCO)CN2C1)c1cn2cc(Cl)ccc2n1. The molecule has 0 saturated carbocycles. The molecule has 2 aromatic heterocycles. The van der Waals surface area contributed by atoms with Crippen LogP contribution in [0.25, 0.3) is 5.65 Å². The van der Waals surface area contributed by atoms with E-state index in [0.29, 0.717) is 35.4 Å². The minimum absolute atomic E-state index is 0.0823. The quantitative estimate of drug-likeness (QED) is 0.844. The van der Waals surface area contributed by atoms with Gasteiger partial charge in [-0.15, -0.1) is 0 Å². The number of morpholine rings is 1. The van der Waals surface area contributed by atoms with Gasteiger partial charge in [-0.2, -0.15) is 0 Å². The molecule has 2 N–H and O–H groups in total. The van der Waals surface area contributed by atoms with Gasteiger partial charge in [-0.1, -0.05) is 11.6 Å². The van der Waals surface area contributed by atoms with Crippen molar-refractivity contribution in [1.82, 2.24) is 19.6 Å². The lowest BCUT2D eigenvalue weighted by molar-refractivity contribution is -0.0566. The van der Waals surface area contributed by atoms with Crippen LogP contribution in [0, 0.1) is 0 Å². The molecule has 1 amide bonds. The number of imidazole rings is 1. The van der Waals surface area contributed by atoms with Crippen LogP contribution in [-0.2, 0) is 4.74 Å². The van der Waals surface area contributed by atoms with Crippen LogP contribution in [-0.4, -0.2) is 69.8 Å². The van der Waals surface area contributed by atoms with Gasteiger partial charge in [-0.3, -0.25) is 9.69 Å². The summed E-state index contributed by atoms with van der Waals surface area (Å²) in [7, 11) is 0. The van der Waals surface area contributed by atoms with Gasteiger partial charge < -0.3 is 19.6 Å². The van der Waals surface area contributed by atoms with Crippen molar-refractivity contribution in [2.45, 2.75) is 31.0 Å². The molecule has 134 valence electrons. The highest BCUT2D eigenvalue weighted by atomic mass is 35.5. The fourth-order valence-electron chi connectivity index (χ4n) is 3.70. The third-order valence-corrected chi connectivity index (χ3v) is 5.15. The van der Waals surface area contributed by atoms with E-state index in [1.807, 2.05) is 0 Å². The highest BCUT2D eigenvalue weighted by Gasteiger charge is 2.37. The first-order valence-electron chi connectivity index (χ1n) is 8.54. The second-order valence-electron chi connectivity index (χ2n) is 6.72. The molecule has 2 saturated heterocycles. The number of hydrogen-bond donors (Lipinski definition) is 2. The maximum Gasteiger partial charge on any atom is 0.271 e. The number of fused-ring (bicyclic) bond motifs is 2. The molecular weight excluding hydrogens is 344 g/mol. The smallest absolute Gasteiger partial charge is 0.271 e. The van der Waals surface area contributed by atoms with Crippen molar-refractivity contribution in [3.05, 3.63) is 35.2 Å². The standard InChI is InChI=1S/C17H21ClN4O3/c18-11-1-2-16-20-15(9-22(16)6-11)17(24)19-12-5-13-10-25-14(3-4-23)8-21(13)7-12/h1-2,6,9,12-14,23H,3-5,7-8,10H2,(H,19,24)/t12-,13-,14-/m0/s1. The summed E-state index contributed by atoms with van der Waals surface area (Å²) in [5.41, 5.74) is 1.08. The maximum absolute atomic E-state index is 12.5. The minimum Gasteiger partial charge on any atom is -0.396 e. The Morgan fingerprint density at radius 2 is 2.28 bits per heavy atom. The Morgan fingerprint density at radius 1 is 1.40 bits per heavy atom. The fourth-order valence-corrected chi connectivity index (χ4v) is 3.87. The first-order chi connectivity index (χ1) is 12.1. The summed E-state index contributed by atoms with van der Waals surface area (Å²) in [6, 6.07) is 3.96. The Hall–Kier alpha value is -1.67. The number of ether oxygens (including phenoxy) is 1. The first-order valence-corrected chi connectivity index (χ1v) is 8.92. The summed E-state index contributed by atoms with van der Waals surface area (Å²) in [5.74, 6) is -0.169. The Bertz CT molecular complexity index is 780. The van der Waals surface area contributed by atoms with Gasteiger partial charge in [0.1, 0.15) is 11.3 Å². The van der Waals surface area contributed by atoms with Gasteiger partial charge in [0, 0.05) is 44.2 Å². The molecule has 0 radical (unpaired) electrons. The van der Waals surface area contributed by atoms with Crippen molar-refractivity contribution in [3.63, 3.8) is 0 Å². The van der Waals surface area contributed by atoms with E-state index in [9.17, 15) is 4.79 Å². The van der Waals surface area contributed by atoms with Crippen LogP contribution in [0.4, 0.5) is 0 Å². The van der Waals surface area contributed by atoms with Gasteiger partial charge >= 0.3 is 0 Å². The molecule has 4 heterocycles. The van der Waals surface area contributed by atoms with Crippen molar-refractivity contribution in [2.75, 3.05) is 26.3 Å². The van der Waals surface area contributed by atoms with Gasteiger partial charge in [0.15, 0.2) is 0 Å². The van der Waals surface area contributed by atoms with Crippen LogP contribution < -0.4 is 5.32 Å². The molecule has 0 aromatic carbocycles. The summed E-state index contributed by atoms with van der Waals surface area (Å²) < 4.78 is 7.53. The van der Waals surface area contributed by atoms with Crippen LogP contribution in [0.1, 0.15) is 23.3 Å². The van der Waals surface area contributed by atoms with Crippen LogP contribution in [0.3, 0.4) is 0 Å². The third-order valence-electron chi connectivity index (χ3n) is 4.92. The number of aliphatic hydroxyl groups excluding tert-OH is 1. The van der Waals surface area contributed by atoms with Gasteiger partial charge in [0.05, 0.1) is 17.7 Å². The summed E-state index contributed by atoms with van der Waals surface area (Å²) >= 11 is 5.97. The monoisotopic (exact) mass is 364 g/mol. The molecule has 2 fully saturated rings. The molecular formula is C17H21ClN4O3. The minimum atomic E-state index is -0.169. The number of aliphatic hydroxyl groups is 1. The largest absolute Gasteiger partial charge is 0.396 e. The second kappa shape index (κ2) is 6.92. The van der Waals surface area contributed by atoms with Crippen LogP contribution >= 0.6 is 11.6 Å².